The largest absolute Gasteiger partial charge is 0.460 e. The van der Waals surface area contributed by atoms with Gasteiger partial charge in [-0.05, 0) is 24.3 Å². The Labute approximate surface area is 161 Å². The van der Waals surface area contributed by atoms with Crippen molar-refractivity contribution >= 4 is 29.2 Å². The zero-order valence-electron chi connectivity index (χ0n) is 13.6. The van der Waals surface area contributed by atoms with Crippen molar-refractivity contribution in [1.29, 1.82) is 0 Å². The fourth-order valence-corrected chi connectivity index (χ4v) is 3.50. The highest BCUT2D eigenvalue weighted by molar-refractivity contribution is 6.35. The third kappa shape index (κ3) is 3.16. The van der Waals surface area contributed by atoms with Gasteiger partial charge in [0.25, 0.3) is 0 Å². The first kappa shape index (κ1) is 17.0. The third-order valence-electron chi connectivity index (χ3n) is 4.30. The summed E-state index contributed by atoms with van der Waals surface area (Å²) in [5.41, 5.74) is 2.29. The molecule has 0 unspecified atom stereocenters. The molecule has 0 amide bonds. The summed E-state index contributed by atoms with van der Waals surface area (Å²) < 4.78 is 11.5. The maximum absolute atomic E-state index is 12.9. The number of carbonyl (C=O) groups is 1. The van der Waals surface area contributed by atoms with E-state index in [9.17, 15) is 4.79 Å². The van der Waals surface area contributed by atoms with Gasteiger partial charge in [0.15, 0.2) is 0 Å². The fraction of sp³-hybridized carbons (Fsp3) is 0.0952. The van der Waals surface area contributed by atoms with Crippen LogP contribution in [0.15, 0.2) is 66.7 Å². The van der Waals surface area contributed by atoms with Gasteiger partial charge in [-0.1, -0.05) is 65.7 Å². The molecule has 0 aromatic heterocycles. The van der Waals surface area contributed by atoms with Crippen molar-refractivity contribution in [3.8, 4) is 11.5 Å². The van der Waals surface area contributed by atoms with Crippen LogP contribution in [0.2, 0.25) is 10.0 Å². The van der Waals surface area contributed by atoms with Crippen molar-refractivity contribution < 1.29 is 14.3 Å². The lowest BCUT2D eigenvalue weighted by Gasteiger charge is -2.26. The topological polar surface area (TPSA) is 35.5 Å². The van der Waals surface area contributed by atoms with Gasteiger partial charge in [0, 0.05) is 26.7 Å². The quantitative estimate of drug-likeness (QED) is 0.521. The zero-order valence-corrected chi connectivity index (χ0v) is 15.1. The van der Waals surface area contributed by atoms with Crippen LogP contribution in [0.4, 0.5) is 0 Å². The van der Waals surface area contributed by atoms with Crippen molar-refractivity contribution in [1.82, 2.24) is 0 Å². The molecule has 0 radical (unpaired) electrons. The number of hydrogen-bond donors (Lipinski definition) is 0. The van der Waals surface area contributed by atoms with Crippen LogP contribution >= 0.6 is 23.2 Å². The summed E-state index contributed by atoms with van der Waals surface area (Å²) in [6, 6.07) is 20.1. The number of ether oxygens (including phenoxy) is 2. The van der Waals surface area contributed by atoms with Crippen LogP contribution in [-0.2, 0) is 16.1 Å². The monoisotopic (exact) mass is 384 g/mol. The molecule has 3 aromatic carbocycles. The standard InChI is InChI=1S/C21H14Cl2O3/c22-14-10-9-13(17(23)11-14)12-25-21(24)20-15-5-1-3-7-18(15)26-19-8-4-2-6-16(19)20/h1-11,20H,12H2. The number of carbonyl (C=O) groups excluding carboxylic acids is 1. The van der Waals surface area contributed by atoms with E-state index in [1.807, 2.05) is 48.5 Å². The van der Waals surface area contributed by atoms with Gasteiger partial charge in [-0.2, -0.15) is 0 Å². The number of rotatable bonds is 3. The third-order valence-corrected chi connectivity index (χ3v) is 4.89. The molecule has 0 fully saturated rings. The maximum Gasteiger partial charge on any atom is 0.318 e. The highest BCUT2D eigenvalue weighted by Crippen LogP contribution is 2.44. The number of para-hydroxylation sites is 2. The van der Waals surface area contributed by atoms with Gasteiger partial charge in [0.2, 0.25) is 0 Å². The van der Waals surface area contributed by atoms with Crippen LogP contribution in [0.1, 0.15) is 22.6 Å². The molecule has 5 heteroatoms. The molecule has 0 atom stereocenters. The van der Waals surface area contributed by atoms with Crippen LogP contribution in [0.3, 0.4) is 0 Å². The number of benzene rings is 3. The minimum absolute atomic E-state index is 0.0799. The molecule has 3 nitrogen and oxygen atoms in total. The molecule has 0 saturated heterocycles. The number of fused-ring (bicyclic) bond motifs is 2. The first-order chi connectivity index (χ1) is 12.6. The van der Waals surface area contributed by atoms with Gasteiger partial charge in [-0.15, -0.1) is 0 Å². The van der Waals surface area contributed by atoms with E-state index in [1.54, 1.807) is 18.2 Å². The van der Waals surface area contributed by atoms with E-state index in [0.717, 1.165) is 11.1 Å². The van der Waals surface area contributed by atoms with Gasteiger partial charge in [0.05, 0.1) is 0 Å². The van der Waals surface area contributed by atoms with E-state index in [1.165, 1.54) is 0 Å². The Morgan fingerprint density at radius 2 is 1.54 bits per heavy atom. The number of esters is 1. The van der Waals surface area contributed by atoms with Gasteiger partial charge < -0.3 is 9.47 Å². The Hall–Kier alpha value is -2.49. The summed E-state index contributed by atoms with van der Waals surface area (Å²) in [4.78, 5) is 12.9. The first-order valence-electron chi connectivity index (χ1n) is 8.10. The second kappa shape index (κ2) is 7.02. The molecule has 1 heterocycles. The Bertz CT molecular complexity index is 939. The van der Waals surface area contributed by atoms with Gasteiger partial charge in [-0.3, -0.25) is 4.79 Å². The first-order valence-corrected chi connectivity index (χ1v) is 8.85. The summed E-state index contributed by atoms with van der Waals surface area (Å²) >= 11 is 12.1. The number of halogens is 2. The molecule has 0 bridgehead atoms. The lowest BCUT2D eigenvalue weighted by Crippen LogP contribution is -2.21. The molecular weight excluding hydrogens is 371 g/mol. The van der Waals surface area contributed by atoms with Crippen LogP contribution in [0, 0.1) is 0 Å². The molecule has 1 aliphatic rings. The summed E-state index contributed by atoms with van der Waals surface area (Å²) in [5, 5.41) is 1.01. The van der Waals surface area contributed by atoms with Crippen LogP contribution in [0.5, 0.6) is 11.5 Å². The average molecular weight is 385 g/mol. The van der Waals surface area contributed by atoms with Crippen molar-refractivity contribution in [2.45, 2.75) is 12.5 Å². The molecular formula is C21H14Cl2O3. The second-order valence-electron chi connectivity index (χ2n) is 5.95. The van der Waals surface area contributed by atoms with E-state index < -0.39 is 5.92 Å². The summed E-state index contributed by atoms with van der Waals surface area (Å²) in [5.74, 6) is 0.441. The molecule has 4 rings (SSSR count). The Kier molecular flexibility index (Phi) is 4.58. The molecule has 130 valence electrons. The Balaban J connectivity index is 1.63. The molecule has 3 aromatic rings. The normalized spacial score (nSPS) is 12.7. The van der Waals surface area contributed by atoms with E-state index in [2.05, 4.69) is 0 Å². The summed E-state index contributed by atoms with van der Waals surface area (Å²) in [6.07, 6.45) is 0. The molecule has 1 aliphatic heterocycles. The number of hydrogen-bond acceptors (Lipinski definition) is 3. The lowest BCUT2D eigenvalue weighted by molar-refractivity contribution is -0.145. The van der Waals surface area contributed by atoms with Gasteiger partial charge in [0.1, 0.15) is 24.0 Å². The second-order valence-corrected chi connectivity index (χ2v) is 6.80. The molecule has 0 N–H and O–H groups in total. The van der Waals surface area contributed by atoms with Crippen molar-refractivity contribution in [3.05, 3.63) is 93.5 Å². The van der Waals surface area contributed by atoms with Crippen molar-refractivity contribution in [2.24, 2.45) is 0 Å². The molecule has 0 saturated carbocycles. The highest BCUT2D eigenvalue weighted by Gasteiger charge is 2.33. The van der Waals surface area contributed by atoms with E-state index >= 15 is 0 Å². The molecule has 26 heavy (non-hydrogen) atoms. The van der Waals surface area contributed by atoms with Crippen LogP contribution in [-0.4, -0.2) is 5.97 Å². The van der Waals surface area contributed by atoms with E-state index in [4.69, 9.17) is 32.7 Å². The SMILES string of the molecule is O=C(OCc1ccc(Cl)cc1Cl)C1c2ccccc2Oc2ccccc21. The van der Waals surface area contributed by atoms with Gasteiger partial charge in [-0.25, -0.2) is 0 Å². The molecule has 0 aliphatic carbocycles. The van der Waals surface area contributed by atoms with Crippen LogP contribution in [0.25, 0.3) is 0 Å². The fourth-order valence-electron chi connectivity index (χ4n) is 3.03. The van der Waals surface area contributed by atoms with Crippen molar-refractivity contribution in [3.63, 3.8) is 0 Å². The Morgan fingerprint density at radius 3 is 2.15 bits per heavy atom. The Morgan fingerprint density at radius 1 is 0.923 bits per heavy atom. The highest BCUT2D eigenvalue weighted by atomic mass is 35.5. The zero-order chi connectivity index (χ0) is 18.1. The van der Waals surface area contributed by atoms with Crippen molar-refractivity contribution in [2.75, 3.05) is 0 Å². The predicted molar refractivity (Wildman–Crippen MR) is 101 cm³/mol. The van der Waals surface area contributed by atoms with Gasteiger partial charge >= 0.3 is 5.97 Å². The molecule has 0 spiro atoms. The minimum Gasteiger partial charge on any atom is -0.460 e. The average Bonchev–Trinajstić information content (AvgIpc) is 2.65. The summed E-state index contributed by atoms with van der Waals surface area (Å²) in [6.45, 7) is 0.0799. The maximum atomic E-state index is 12.9. The van der Waals surface area contributed by atoms with Crippen LogP contribution < -0.4 is 4.74 Å². The predicted octanol–water partition coefficient (Wildman–Crippen LogP) is 5.97. The minimum atomic E-state index is -0.540. The lowest BCUT2D eigenvalue weighted by atomic mass is 9.88. The van der Waals surface area contributed by atoms with E-state index in [-0.39, 0.29) is 12.6 Å². The summed E-state index contributed by atoms with van der Waals surface area (Å²) in [7, 11) is 0. The van der Waals surface area contributed by atoms with E-state index in [0.29, 0.717) is 27.1 Å². The smallest absolute Gasteiger partial charge is 0.318 e.